The number of rotatable bonds is 9. The van der Waals surface area contributed by atoms with Gasteiger partial charge in [-0.25, -0.2) is 12.8 Å². The molecule has 0 heterocycles. The number of esters is 1. The highest BCUT2D eigenvalue weighted by atomic mass is 32.2. The second-order valence-electron chi connectivity index (χ2n) is 5.90. The Labute approximate surface area is 156 Å². The van der Waals surface area contributed by atoms with Gasteiger partial charge in [-0.1, -0.05) is 0 Å². The number of ether oxygens (including phenoxy) is 1. The summed E-state index contributed by atoms with van der Waals surface area (Å²) in [6.45, 7) is 3.81. The number of benzene rings is 1. The van der Waals surface area contributed by atoms with Crippen LogP contribution in [0.15, 0.2) is 29.2 Å². The van der Waals surface area contributed by atoms with E-state index in [9.17, 15) is 27.2 Å². The van der Waals surface area contributed by atoms with E-state index in [1.807, 2.05) is 0 Å². The molecule has 0 saturated carbocycles. The zero-order chi connectivity index (χ0) is 20.6. The normalized spacial score (nSPS) is 12.3. The molecular weight excluding hydrogens is 381 g/mol. The van der Waals surface area contributed by atoms with Crippen LogP contribution in [0, 0.1) is 5.82 Å². The monoisotopic (exact) mass is 403 g/mol. The van der Waals surface area contributed by atoms with E-state index in [0.29, 0.717) is 0 Å². The fourth-order valence-corrected chi connectivity index (χ4v) is 3.02. The maximum Gasteiger partial charge on any atom is 0.324 e. The number of carbonyl (C=O) groups excluding carboxylic acids is 3. The number of halogens is 1. The summed E-state index contributed by atoms with van der Waals surface area (Å²) in [4.78, 5) is 34.5. The minimum absolute atomic E-state index is 0.0813. The number of nitrogens with one attached hydrogen (secondary N) is 3. The van der Waals surface area contributed by atoms with Crippen molar-refractivity contribution in [3.05, 3.63) is 30.1 Å². The third-order valence-corrected chi connectivity index (χ3v) is 4.61. The van der Waals surface area contributed by atoms with Crippen LogP contribution in [0.3, 0.4) is 0 Å². The zero-order valence-electron chi connectivity index (χ0n) is 15.1. The molecule has 11 heteroatoms. The fraction of sp³-hybridized carbons (Fsp3) is 0.438. The molecule has 0 fully saturated rings. The summed E-state index contributed by atoms with van der Waals surface area (Å²) >= 11 is 0. The van der Waals surface area contributed by atoms with Crippen molar-refractivity contribution in [2.45, 2.75) is 37.8 Å². The molecule has 0 saturated heterocycles. The summed E-state index contributed by atoms with van der Waals surface area (Å²) in [6, 6.07) is 2.67. The second-order valence-corrected chi connectivity index (χ2v) is 7.62. The molecular formula is C16H22FN3O6S. The lowest BCUT2D eigenvalue weighted by atomic mass is 10.4. The molecule has 0 radical (unpaired) electrons. The smallest absolute Gasteiger partial charge is 0.324 e. The molecule has 27 heavy (non-hydrogen) atoms. The highest BCUT2D eigenvalue weighted by Gasteiger charge is 2.23. The molecule has 0 bridgehead atoms. The van der Waals surface area contributed by atoms with Crippen LogP contribution < -0.4 is 15.4 Å². The highest BCUT2D eigenvalue weighted by Crippen LogP contribution is 2.10. The predicted molar refractivity (Wildman–Crippen MR) is 93.4 cm³/mol. The van der Waals surface area contributed by atoms with Crippen LogP contribution >= 0.6 is 0 Å². The second kappa shape index (κ2) is 9.97. The summed E-state index contributed by atoms with van der Waals surface area (Å²) in [5.74, 6) is -2.70. The number of hydrogen-bond donors (Lipinski definition) is 3. The Morgan fingerprint density at radius 1 is 1.07 bits per heavy atom. The Kier molecular flexibility index (Phi) is 8.32. The maximum atomic E-state index is 12.9. The first-order valence-corrected chi connectivity index (χ1v) is 9.50. The van der Waals surface area contributed by atoms with Crippen molar-refractivity contribution in [2.24, 2.45) is 0 Å². The Morgan fingerprint density at radius 2 is 1.67 bits per heavy atom. The number of hydrogen-bond acceptors (Lipinski definition) is 6. The molecule has 150 valence electrons. The summed E-state index contributed by atoms with van der Waals surface area (Å²) < 4.78 is 43.8. The van der Waals surface area contributed by atoms with Crippen LogP contribution in [0.2, 0.25) is 0 Å². The Balaban J connectivity index is 2.46. The number of carbonyl (C=O) groups is 3. The average molecular weight is 403 g/mol. The van der Waals surface area contributed by atoms with Crippen LogP contribution in [0.4, 0.5) is 4.39 Å². The van der Waals surface area contributed by atoms with E-state index in [4.69, 9.17) is 4.74 Å². The number of sulfonamides is 1. The summed E-state index contributed by atoms with van der Waals surface area (Å²) in [6.07, 6.45) is 0. The van der Waals surface area contributed by atoms with Gasteiger partial charge >= 0.3 is 5.97 Å². The topological polar surface area (TPSA) is 131 Å². The molecule has 3 N–H and O–H groups in total. The van der Waals surface area contributed by atoms with Crippen LogP contribution in [0.1, 0.15) is 20.8 Å². The Morgan fingerprint density at radius 3 is 2.22 bits per heavy atom. The molecule has 0 aromatic heterocycles. The van der Waals surface area contributed by atoms with Gasteiger partial charge in [0.05, 0.1) is 11.4 Å². The van der Waals surface area contributed by atoms with Crippen molar-refractivity contribution in [1.82, 2.24) is 15.4 Å². The molecule has 0 aliphatic heterocycles. The third kappa shape index (κ3) is 8.13. The minimum atomic E-state index is -4.06. The molecule has 0 unspecified atom stereocenters. The van der Waals surface area contributed by atoms with Gasteiger partial charge in [0.15, 0.2) is 6.61 Å². The lowest BCUT2D eigenvalue weighted by Crippen LogP contribution is -2.43. The van der Waals surface area contributed by atoms with E-state index >= 15 is 0 Å². The van der Waals surface area contributed by atoms with Gasteiger partial charge in [-0.15, -0.1) is 0 Å². The van der Waals surface area contributed by atoms with Gasteiger partial charge in [-0.05, 0) is 45.0 Å². The first-order valence-electron chi connectivity index (χ1n) is 8.02. The Hall–Kier alpha value is -2.53. The van der Waals surface area contributed by atoms with Crippen LogP contribution in [-0.4, -0.2) is 51.4 Å². The highest BCUT2D eigenvalue weighted by molar-refractivity contribution is 7.89. The molecule has 0 spiro atoms. The van der Waals surface area contributed by atoms with E-state index in [2.05, 4.69) is 15.4 Å². The third-order valence-electron chi connectivity index (χ3n) is 3.05. The van der Waals surface area contributed by atoms with Crippen molar-refractivity contribution in [2.75, 3.05) is 13.2 Å². The van der Waals surface area contributed by atoms with Crippen molar-refractivity contribution < 1.29 is 31.9 Å². The minimum Gasteiger partial charge on any atom is -0.454 e. The quantitative estimate of drug-likeness (QED) is 0.484. The van der Waals surface area contributed by atoms with Gasteiger partial charge in [0.25, 0.3) is 5.91 Å². The van der Waals surface area contributed by atoms with Gasteiger partial charge in [0.1, 0.15) is 11.9 Å². The van der Waals surface area contributed by atoms with Gasteiger partial charge in [0, 0.05) is 6.04 Å². The molecule has 1 atom stereocenters. The van der Waals surface area contributed by atoms with Crippen molar-refractivity contribution >= 4 is 27.8 Å². The van der Waals surface area contributed by atoms with E-state index in [-0.39, 0.29) is 17.5 Å². The number of amides is 2. The van der Waals surface area contributed by atoms with Crippen LogP contribution in [0.5, 0.6) is 0 Å². The van der Waals surface area contributed by atoms with Crippen molar-refractivity contribution in [1.29, 1.82) is 0 Å². The maximum absolute atomic E-state index is 12.9. The van der Waals surface area contributed by atoms with E-state index in [0.717, 1.165) is 24.3 Å². The Bertz CT molecular complexity index is 780. The summed E-state index contributed by atoms with van der Waals surface area (Å²) in [5, 5.41) is 4.82. The SMILES string of the molecule is CC(C)NC(=O)CNC(=O)COC(=O)[C@H](C)NS(=O)(=O)c1ccc(F)cc1. The van der Waals surface area contributed by atoms with E-state index in [1.54, 1.807) is 13.8 Å². The summed E-state index contributed by atoms with van der Waals surface area (Å²) in [7, 11) is -4.06. The first-order chi connectivity index (χ1) is 12.5. The molecule has 9 nitrogen and oxygen atoms in total. The lowest BCUT2D eigenvalue weighted by Gasteiger charge is -2.14. The molecule has 2 amide bonds. The van der Waals surface area contributed by atoms with Crippen molar-refractivity contribution in [3.63, 3.8) is 0 Å². The molecule has 0 aliphatic rings. The van der Waals surface area contributed by atoms with Gasteiger partial charge in [-0.2, -0.15) is 4.72 Å². The van der Waals surface area contributed by atoms with Gasteiger partial charge in [0.2, 0.25) is 15.9 Å². The zero-order valence-corrected chi connectivity index (χ0v) is 15.9. The van der Waals surface area contributed by atoms with Crippen molar-refractivity contribution in [3.8, 4) is 0 Å². The molecule has 0 aliphatic carbocycles. The summed E-state index contributed by atoms with van der Waals surface area (Å²) in [5.41, 5.74) is 0. The van der Waals surface area contributed by atoms with E-state index < -0.39 is 46.3 Å². The molecule has 1 aromatic carbocycles. The molecule has 1 rings (SSSR count). The molecule has 1 aromatic rings. The first kappa shape index (κ1) is 22.5. The largest absolute Gasteiger partial charge is 0.454 e. The van der Waals surface area contributed by atoms with E-state index in [1.165, 1.54) is 6.92 Å². The fourth-order valence-electron chi connectivity index (χ4n) is 1.83. The predicted octanol–water partition coefficient (Wildman–Crippen LogP) is -0.323. The standard InChI is InChI=1S/C16H22FN3O6S/c1-10(2)19-14(21)8-18-15(22)9-26-16(23)11(3)20-27(24,25)13-6-4-12(17)5-7-13/h4-7,10-11,20H,8-9H2,1-3H3,(H,18,22)(H,19,21)/t11-/m0/s1. The van der Waals surface area contributed by atoms with Crippen LogP contribution in [-0.2, 0) is 29.1 Å². The van der Waals surface area contributed by atoms with Crippen LogP contribution in [0.25, 0.3) is 0 Å². The van der Waals surface area contributed by atoms with Gasteiger partial charge in [-0.3, -0.25) is 14.4 Å². The van der Waals surface area contributed by atoms with Gasteiger partial charge < -0.3 is 15.4 Å². The lowest BCUT2D eigenvalue weighted by molar-refractivity contribution is -0.149. The average Bonchev–Trinajstić information content (AvgIpc) is 2.57.